The minimum absolute atomic E-state index is 0.944. The van der Waals surface area contributed by atoms with Gasteiger partial charge in [0.15, 0.2) is 23.3 Å². The van der Waals surface area contributed by atoms with Crippen LogP contribution in [0.15, 0.2) is 4.90 Å². The maximum Gasteiger partial charge on any atom is 0.200 e. The molecule has 15 heavy (non-hydrogen) atoms. The Labute approximate surface area is 88.9 Å². The fourth-order valence-corrected chi connectivity index (χ4v) is 2.45. The predicted molar refractivity (Wildman–Crippen MR) is 49.8 cm³/mol. The Kier molecular flexibility index (Phi) is 3.21. The molecule has 0 aliphatic rings. The molecule has 0 aliphatic carbocycles. The van der Waals surface area contributed by atoms with Crippen molar-refractivity contribution in [2.45, 2.75) is 4.90 Å². The SMILES string of the molecule is CS(C)(Cl)c1c(F)c(F)c(F)c(F)c1F. The largest absolute Gasteiger partial charge is 0.202 e. The first-order valence-corrected chi connectivity index (χ1v) is 6.90. The van der Waals surface area contributed by atoms with E-state index in [1.54, 1.807) is 0 Å². The van der Waals surface area contributed by atoms with Crippen molar-refractivity contribution in [3.05, 3.63) is 29.1 Å². The van der Waals surface area contributed by atoms with Crippen LogP contribution in [0.5, 0.6) is 0 Å². The van der Waals surface area contributed by atoms with Gasteiger partial charge >= 0.3 is 0 Å². The molecule has 0 fully saturated rings. The van der Waals surface area contributed by atoms with Crippen LogP contribution in [0, 0.1) is 29.1 Å². The highest BCUT2D eigenvalue weighted by Gasteiger charge is 2.31. The molecule has 0 amide bonds. The minimum atomic E-state index is -2.55. The van der Waals surface area contributed by atoms with Crippen molar-refractivity contribution in [3.63, 3.8) is 0 Å². The Morgan fingerprint density at radius 1 is 0.733 bits per heavy atom. The average Bonchev–Trinajstić information content (AvgIpc) is 2.09. The third kappa shape index (κ3) is 2.06. The van der Waals surface area contributed by atoms with Gasteiger partial charge in [-0.3, -0.25) is 0 Å². The van der Waals surface area contributed by atoms with E-state index in [4.69, 9.17) is 10.7 Å². The second-order valence-corrected chi connectivity index (χ2v) is 8.23. The van der Waals surface area contributed by atoms with Crippen LogP contribution in [-0.4, -0.2) is 12.5 Å². The van der Waals surface area contributed by atoms with Crippen molar-refractivity contribution in [2.24, 2.45) is 0 Å². The topological polar surface area (TPSA) is 0 Å². The summed E-state index contributed by atoms with van der Waals surface area (Å²) in [6, 6.07) is 0. The quantitative estimate of drug-likeness (QED) is 0.409. The fraction of sp³-hybridized carbons (Fsp3) is 0.250. The summed E-state index contributed by atoms with van der Waals surface area (Å²) < 4.78 is 64.3. The van der Waals surface area contributed by atoms with Crippen LogP contribution in [0.1, 0.15) is 0 Å². The highest BCUT2D eigenvalue weighted by atomic mass is 35.7. The van der Waals surface area contributed by atoms with E-state index in [1.807, 2.05) is 0 Å². The smallest absolute Gasteiger partial charge is 0.200 e. The van der Waals surface area contributed by atoms with E-state index in [1.165, 1.54) is 12.5 Å². The van der Waals surface area contributed by atoms with Crippen LogP contribution < -0.4 is 0 Å². The van der Waals surface area contributed by atoms with Gasteiger partial charge in [-0.1, -0.05) is 10.7 Å². The van der Waals surface area contributed by atoms with Crippen LogP contribution in [-0.2, 0) is 0 Å². The zero-order valence-electron chi connectivity index (χ0n) is 7.68. The van der Waals surface area contributed by atoms with Gasteiger partial charge in [-0.05, 0) is 12.5 Å². The molecule has 0 aromatic heterocycles. The Bertz CT molecular complexity index is 383. The van der Waals surface area contributed by atoms with Crippen LogP contribution in [0.4, 0.5) is 22.0 Å². The first kappa shape index (κ1) is 12.6. The predicted octanol–water partition coefficient (Wildman–Crippen LogP) is 3.96. The van der Waals surface area contributed by atoms with Gasteiger partial charge in [0.2, 0.25) is 5.82 Å². The van der Waals surface area contributed by atoms with Gasteiger partial charge in [0.1, 0.15) is 0 Å². The van der Waals surface area contributed by atoms with Crippen LogP contribution in [0.2, 0.25) is 0 Å². The summed E-state index contributed by atoms with van der Waals surface area (Å²) in [5, 5.41) is 0. The van der Waals surface area contributed by atoms with E-state index in [0.717, 1.165) is 0 Å². The molecule has 0 nitrogen and oxygen atoms in total. The van der Waals surface area contributed by atoms with Crippen LogP contribution in [0.3, 0.4) is 0 Å². The van der Waals surface area contributed by atoms with E-state index in [9.17, 15) is 22.0 Å². The zero-order valence-corrected chi connectivity index (χ0v) is 9.25. The van der Waals surface area contributed by atoms with Gasteiger partial charge in [0.25, 0.3) is 0 Å². The van der Waals surface area contributed by atoms with Gasteiger partial charge in [-0.25, -0.2) is 22.0 Å². The molecule has 0 bridgehead atoms. The molecule has 1 aromatic carbocycles. The summed E-state index contributed by atoms with van der Waals surface area (Å²) in [5.74, 6) is -9.83. The lowest BCUT2D eigenvalue weighted by Gasteiger charge is -2.23. The molecule has 1 aromatic rings. The normalized spacial score (nSPS) is 13.1. The lowest BCUT2D eigenvalue weighted by molar-refractivity contribution is 0.360. The molecule has 86 valence electrons. The number of hydrogen-bond acceptors (Lipinski definition) is 0. The summed E-state index contributed by atoms with van der Waals surface area (Å²) in [6.45, 7) is 0. The molecule has 0 spiro atoms. The molecular formula is C8H6ClF5S. The van der Waals surface area contributed by atoms with Crippen molar-refractivity contribution in [2.75, 3.05) is 12.5 Å². The average molecular weight is 265 g/mol. The van der Waals surface area contributed by atoms with E-state index in [2.05, 4.69) is 0 Å². The molecule has 1 rings (SSSR count). The Morgan fingerprint density at radius 2 is 1.00 bits per heavy atom. The summed E-state index contributed by atoms with van der Waals surface area (Å²) >= 11 is 0. The molecule has 0 radical (unpaired) electrons. The highest BCUT2D eigenvalue weighted by Crippen LogP contribution is 2.56. The highest BCUT2D eigenvalue weighted by molar-refractivity contribution is 8.50. The molecule has 0 N–H and O–H groups in total. The van der Waals surface area contributed by atoms with Gasteiger partial charge in [0.05, 0.1) is 4.90 Å². The van der Waals surface area contributed by atoms with Crippen molar-refractivity contribution in [1.82, 2.24) is 0 Å². The molecule has 0 unspecified atom stereocenters. The molecule has 0 saturated heterocycles. The molecule has 0 aliphatic heterocycles. The van der Waals surface area contributed by atoms with Gasteiger partial charge in [0, 0.05) is 0 Å². The van der Waals surface area contributed by atoms with Gasteiger partial charge in [-0.2, -0.15) is 0 Å². The number of benzene rings is 1. The number of hydrogen-bond donors (Lipinski definition) is 0. The maximum absolute atomic E-state index is 13.1. The van der Waals surface area contributed by atoms with E-state index in [-0.39, 0.29) is 0 Å². The second kappa shape index (κ2) is 3.83. The maximum atomic E-state index is 13.1. The van der Waals surface area contributed by atoms with Gasteiger partial charge in [-0.15, -0.1) is 9.24 Å². The molecule has 0 heterocycles. The summed E-state index contributed by atoms with van der Waals surface area (Å²) in [6.07, 6.45) is 2.43. The summed E-state index contributed by atoms with van der Waals surface area (Å²) in [7, 11) is 3.06. The van der Waals surface area contributed by atoms with Crippen LogP contribution in [0.25, 0.3) is 0 Å². The lowest BCUT2D eigenvalue weighted by Crippen LogP contribution is -2.07. The number of rotatable bonds is 1. The monoisotopic (exact) mass is 264 g/mol. The standard InChI is InChI=1S/C8H6ClF5S/c1-15(2,9)8-6(13)4(11)3(10)5(12)7(8)14/h1-2H3. The lowest BCUT2D eigenvalue weighted by atomic mass is 10.3. The third-order valence-electron chi connectivity index (χ3n) is 1.65. The van der Waals surface area contributed by atoms with Crippen molar-refractivity contribution in [1.29, 1.82) is 0 Å². The van der Waals surface area contributed by atoms with Crippen molar-refractivity contribution >= 4 is 19.9 Å². The van der Waals surface area contributed by atoms with E-state index >= 15 is 0 Å². The molecule has 0 atom stereocenters. The molecular weight excluding hydrogens is 259 g/mol. The van der Waals surface area contributed by atoms with Gasteiger partial charge < -0.3 is 0 Å². The van der Waals surface area contributed by atoms with E-state index in [0.29, 0.717) is 0 Å². The Morgan fingerprint density at radius 3 is 1.27 bits per heavy atom. The van der Waals surface area contributed by atoms with Crippen LogP contribution >= 0.6 is 19.9 Å². The number of halogens is 6. The fourth-order valence-electron chi connectivity index (χ4n) is 1.01. The zero-order chi connectivity index (χ0) is 12.0. The summed E-state index contributed by atoms with van der Waals surface area (Å²) in [5.41, 5.74) is 0. The molecule has 7 heteroatoms. The van der Waals surface area contributed by atoms with Crippen molar-refractivity contribution < 1.29 is 22.0 Å². The van der Waals surface area contributed by atoms with E-state index < -0.39 is 43.2 Å². The Balaban J connectivity index is 3.68. The second-order valence-electron chi connectivity index (χ2n) is 3.10. The minimum Gasteiger partial charge on any atom is -0.202 e. The van der Waals surface area contributed by atoms with Crippen molar-refractivity contribution in [3.8, 4) is 0 Å². The Hall–Kier alpha value is -0.490. The summed E-state index contributed by atoms with van der Waals surface area (Å²) in [4.78, 5) is -0.944. The first-order chi connectivity index (χ1) is 6.68. The third-order valence-corrected chi connectivity index (χ3v) is 3.45. The first-order valence-electron chi connectivity index (χ1n) is 3.62. The molecule has 0 saturated carbocycles.